The van der Waals surface area contributed by atoms with Crippen LogP contribution in [0.15, 0.2) is 46.3 Å². The number of aromatic amines is 1. The van der Waals surface area contributed by atoms with Crippen LogP contribution in [-0.2, 0) is 0 Å². The van der Waals surface area contributed by atoms with E-state index in [1.807, 2.05) is 32.9 Å². The summed E-state index contributed by atoms with van der Waals surface area (Å²) in [4.78, 5) is 25.4. The van der Waals surface area contributed by atoms with E-state index in [0.717, 1.165) is 33.1 Å². The molecule has 0 bridgehead atoms. The molecule has 138 valence electrons. The van der Waals surface area contributed by atoms with E-state index in [2.05, 4.69) is 20.7 Å². The number of anilines is 1. The summed E-state index contributed by atoms with van der Waals surface area (Å²) in [5, 5.41) is 12.6. The molecule has 3 aromatic rings. The second-order valence-electron chi connectivity index (χ2n) is 6.20. The van der Waals surface area contributed by atoms with E-state index in [0.29, 0.717) is 0 Å². The topological polar surface area (TPSA) is 92.1 Å². The highest BCUT2D eigenvalue weighted by molar-refractivity contribution is 6.02. The Balaban J connectivity index is 1.83. The first-order valence-corrected chi connectivity index (χ1v) is 8.21. The summed E-state index contributed by atoms with van der Waals surface area (Å²) in [7, 11) is 0. The van der Waals surface area contributed by atoms with Crippen LogP contribution < -0.4 is 10.9 Å². The maximum Gasteiger partial charge on any atom is 0.320 e. The van der Waals surface area contributed by atoms with Gasteiger partial charge in [-0.25, -0.2) is 4.39 Å². The van der Waals surface area contributed by atoms with Gasteiger partial charge < -0.3 is 5.32 Å². The van der Waals surface area contributed by atoms with E-state index in [4.69, 9.17) is 0 Å². The number of halogens is 1. The average molecular weight is 367 g/mol. The van der Waals surface area contributed by atoms with Crippen LogP contribution in [0.4, 0.5) is 10.1 Å². The molecule has 0 saturated heterocycles. The zero-order chi connectivity index (χ0) is 19.6. The molecule has 8 heteroatoms. The number of amides is 1. The molecule has 1 heterocycles. The molecule has 1 amide bonds. The number of nitrogens with zero attached hydrogens (tertiary/aromatic N) is 3. The average Bonchev–Trinajstić information content (AvgIpc) is 2.95. The minimum Gasteiger partial charge on any atom is -0.320 e. The molecule has 0 radical (unpaired) electrons. The van der Waals surface area contributed by atoms with Gasteiger partial charge in [0.05, 0.1) is 6.21 Å². The van der Waals surface area contributed by atoms with Gasteiger partial charge >= 0.3 is 5.56 Å². The lowest BCUT2D eigenvalue weighted by atomic mass is 10.0. The highest BCUT2D eigenvalue weighted by Crippen LogP contribution is 2.14. The second kappa shape index (κ2) is 7.36. The molecule has 0 aliphatic heterocycles. The van der Waals surface area contributed by atoms with Crippen molar-refractivity contribution in [2.45, 2.75) is 20.8 Å². The quantitative estimate of drug-likeness (QED) is 0.695. The van der Waals surface area contributed by atoms with Crippen molar-refractivity contribution >= 4 is 17.8 Å². The summed E-state index contributed by atoms with van der Waals surface area (Å²) in [5.74, 6) is -1.25. The SMILES string of the molecule is Cc1cc(C)c(C=Nn2[nH]nc(C(=O)Nc3cccc(F)c3)c2=O)c(C)c1. The van der Waals surface area contributed by atoms with Gasteiger partial charge in [0.2, 0.25) is 5.69 Å². The largest absolute Gasteiger partial charge is 0.320 e. The van der Waals surface area contributed by atoms with Crippen molar-refractivity contribution in [2.75, 3.05) is 5.32 Å². The molecule has 2 aromatic carbocycles. The van der Waals surface area contributed by atoms with Gasteiger partial charge in [0.1, 0.15) is 5.82 Å². The number of H-pyrrole nitrogens is 1. The van der Waals surface area contributed by atoms with Gasteiger partial charge in [-0.3, -0.25) is 9.59 Å². The van der Waals surface area contributed by atoms with E-state index >= 15 is 0 Å². The molecular formula is C19H18FN5O2. The molecule has 0 aliphatic carbocycles. The summed E-state index contributed by atoms with van der Waals surface area (Å²) in [5.41, 5.74) is 3.21. The van der Waals surface area contributed by atoms with E-state index in [1.165, 1.54) is 24.4 Å². The highest BCUT2D eigenvalue weighted by Gasteiger charge is 2.17. The number of hydrogen-bond acceptors (Lipinski definition) is 4. The van der Waals surface area contributed by atoms with Gasteiger partial charge in [-0.05, 0) is 50.1 Å². The molecule has 0 atom stereocenters. The van der Waals surface area contributed by atoms with E-state index < -0.39 is 17.3 Å². The molecular weight excluding hydrogens is 349 g/mol. The maximum atomic E-state index is 13.2. The fraction of sp³-hybridized carbons (Fsp3) is 0.158. The first-order chi connectivity index (χ1) is 12.8. The predicted octanol–water partition coefficient (Wildman–Crippen LogP) is 2.77. The van der Waals surface area contributed by atoms with Crippen LogP contribution >= 0.6 is 0 Å². The Labute approximate surface area is 154 Å². The van der Waals surface area contributed by atoms with Crippen molar-refractivity contribution < 1.29 is 9.18 Å². The van der Waals surface area contributed by atoms with Crippen molar-refractivity contribution in [3.63, 3.8) is 0 Å². The lowest BCUT2D eigenvalue weighted by molar-refractivity contribution is 0.102. The lowest BCUT2D eigenvalue weighted by Crippen LogP contribution is -2.23. The number of carbonyl (C=O) groups excluding carboxylic acids is 1. The monoisotopic (exact) mass is 367 g/mol. The van der Waals surface area contributed by atoms with Gasteiger partial charge in [0, 0.05) is 11.3 Å². The smallest absolute Gasteiger partial charge is 0.320 e. The molecule has 0 fully saturated rings. The number of aryl methyl sites for hydroxylation is 3. The van der Waals surface area contributed by atoms with Crippen molar-refractivity contribution in [2.24, 2.45) is 5.10 Å². The Kier molecular flexibility index (Phi) is 4.98. The lowest BCUT2D eigenvalue weighted by Gasteiger charge is -2.06. The molecule has 0 saturated carbocycles. The summed E-state index contributed by atoms with van der Waals surface area (Å²) in [6.07, 6.45) is 1.54. The summed E-state index contributed by atoms with van der Waals surface area (Å²) in [6, 6.07) is 9.38. The minimum atomic E-state index is -0.751. The van der Waals surface area contributed by atoms with Gasteiger partial charge in [0.25, 0.3) is 5.91 Å². The summed E-state index contributed by atoms with van der Waals surface area (Å²) in [6.45, 7) is 5.91. The van der Waals surface area contributed by atoms with Gasteiger partial charge in [-0.1, -0.05) is 23.8 Å². The Hall–Kier alpha value is -3.55. The van der Waals surface area contributed by atoms with E-state index in [-0.39, 0.29) is 11.4 Å². The highest BCUT2D eigenvalue weighted by atomic mass is 19.1. The number of nitrogens with one attached hydrogen (secondary N) is 2. The van der Waals surface area contributed by atoms with Crippen LogP contribution in [0.5, 0.6) is 0 Å². The van der Waals surface area contributed by atoms with Crippen LogP contribution in [0.3, 0.4) is 0 Å². The van der Waals surface area contributed by atoms with E-state index in [9.17, 15) is 14.0 Å². The van der Waals surface area contributed by atoms with Gasteiger partial charge in [-0.15, -0.1) is 9.89 Å². The van der Waals surface area contributed by atoms with Crippen LogP contribution in [-0.4, -0.2) is 27.2 Å². The number of aromatic nitrogens is 3. The Morgan fingerprint density at radius 2 is 1.93 bits per heavy atom. The predicted molar refractivity (Wildman–Crippen MR) is 101 cm³/mol. The number of hydrogen-bond donors (Lipinski definition) is 2. The molecule has 3 rings (SSSR count). The molecule has 0 aliphatic rings. The first-order valence-electron chi connectivity index (χ1n) is 8.21. The van der Waals surface area contributed by atoms with Crippen molar-refractivity contribution in [1.29, 1.82) is 0 Å². The third-order valence-electron chi connectivity index (χ3n) is 3.99. The molecule has 7 nitrogen and oxygen atoms in total. The van der Waals surface area contributed by atoms with Crippen molar-refractivity contribution in [3.05, 3.63) is 80.5 Å². The summed E-state index contributed by atoms with van der Waals surface area (Å²) >= 11 is 0. The molecule has 0 unspecified atom stereocenters. The molecule has 0 spiro atoms. The third-order valence-corrected chi connectivity index (χ3v) is 3.99. The first kappa shape index (κ1) is 18.2. The van der Waals surface area contributed by atoms with Crippen molar-refractivity contribution in [1.82, 2.24) is 15.1 Å². The maximum absolute atomic E-state index is 13.2. The number of rotatable bonds is 4. The van der Waals surface area contributed by atoms with Crippen molar-refractivity contribution in [3.8, 4) is 0 Å². The molecule has 2 N–H and O–H groups in total. The van der Waals surface area contributed by atoms with Gasteiger partial charge in [0.15, 0.2) is 0 Å². The molecule has 1 aromatic heterocycles. The number of benzene rings is 2. The number of carbonyl (C=O) groups is 1. The van der Waals surface area contributed by atoms with Crippen LogP contribution in [0.25, 0.3) is 0 Å². The minimum absolute atomic E-state index is 0.225. The zero-order valence-electron chi connectivity index (χ0n) is 15.1. The third kappa shape index (κ3) is 4.00. The second-order valence-corrected chi connectivity index (χ2v) is 6.20. The molecule has 27 heavy (non-hydrogen) atoms. The van der Waals surface area contributed by atoms with E-state index in [1.54, 1.807) is 0 Å². The Bertz CT molecular complexity index is 1070. The standard InChI is InChI=1S/C19H18FN5O2/c1-11-7-12(2)16(13(3)8-11)10-21-25-19(27)17(23-24-25)18(26)22-15-6-4-5-14(20)9-15/h4-10,24H,1-3H3,(H,22,26). The van der Waals surface area contributed by atoms with Crippen LogP contribution in [0.1, 0.15) is 32.7 Å². The van der Waals surface area contributed by atoms with Crippen LogP contribution in [0.2, 0.25) is 0 Å². The summed E-state index contributed by atoms with van der Waals surface area (Å²) < 4.78 is 13.2. The Morgan fingerprint density at radius 1 is 1.22 bits per heavy atom. The zero-order valence-corrected chi connectivity index (χ0v) is 15.1. The normalized spacial score (nSPS) is 11.1. The fourth-order valence-electron chi connectivity index (χ4n) is 2.78. The van der Waals surface area contributed by atoms with Gasteiger partial charge in [-0.2, -0.15) is 10.3 Å². The Morgan fingerprint density at radius 3 is 2.59 bits per heavy atom. The van der Waals surface area contributed by atoms with Crippen LogP contribution in [0, 0.1) is 26.6 Å². The fourth-order valence-corrected chi connectivity index (χ4v) is 2.78.